The molecule has 0 bridgehead atoms. The van der Waals surface area contributed by atoms with Crippen LogP contribution in [-0.4, -0.2) is 50.4 Å². The summed E-state index contributed by atoms with van der Waals surface area (Å²) in [5.74, 6) is -0.559. The highest BCUT2D eigenvalue weighted by molar-refractivity contribution is 5.96. The van der Waals surface area contributed by atoms with Crippen LogP contribution in [0.2, 0.25) is 0 Å². The number of hydrazone groups is 2. The number of hydrogen-bond donors (Lipinski definition) is 2. The summed E-state index contributed by atoms with van der Waals surface area (Å²) >= 11 is 0. The lowest BCUT2D eigenvalue weighted by atomic mass is 10.1. The van der Waals surface area contributed by atoms with Gasteiger partial charge in [-0.3, -0.25) is 9.59 Å². The van der Waals surface area contributed by atoms with Gasteiger partial charge in [-0.05, 0) is 93.4 Å². The number of nitrogens with one attached hydrogen (secondary N) is 2. The van der Waals surface area contributed by atoms with Gasteiger partial charge in [0.05, 0.1) is 12.4 Å². The van der Waals surface area contributed by atoms with E-state index in [9.17, 15) is 9.59 Å². The molecule has 0 heterocycles. The number of carbonyl (C=O) groups is 2. The van der Waals surface area contributed by atoms with E-state index in [0.717, 1.165) is 48.7 Å². The normalized spacial score (nSPS) is 11.1. The van der Waals surface area contributed by atoms with E-state index in [1.54, 1.807) is 36.7 Å². The van der Waals surface area contributed by atoms with Crippen molar-refractivity contribution >= 4 is 35.6 Å². The number of nitrogens with zero attached hydrogens (tertiary/aromatic N) is 4. The van der Waals surface area contributed by atoms with E-state index in [-0.39, 0.29) is 11.8 Å². The van der Waals surface area contributed by atoms with Crippen molar-refractivity contribution in [1.29, 1.82) is 0 Å². The van der Waals surface area contributed by atoms with E-state index in [4.69, 9.17) is 0 Å². The van der Waals surface area contributed by atoms with Gasteiger partial charge in [0.15, 0.2) is 0 Å². The molecule has 0 radical (unpaired) electrons. The third-order valence-electron chi connectivity index (χ3n) is 6.19. The molecule has 0 unspecified atom stereocenters. The fourth-order valence-electron chi connectivity index (χ4n) is 4.00. The lowest BCUT2D eigenvalue weighted by Crippen LogP contribution is -2.22. The van der Waals surface area contributed by atoms with Crippen LogP contribution in [0.4, 0.5) is 11.4 Å². The lowest BCUT2D eigenvalue weighted by molar-refractivity contribution is 0.0947. The second kappa shape index (κ2) is 14.3. The van der Waals surface area contributed by atoms with Gasteiger partial charge in [-0.15, -0.1) is 0 Å². The van der Waals surface area contributed by atoms with Gasteiger partial charge < -0.3 is 9.80 Å². The molecule has 198 valence electrons. The van der Waals surface area contributed by atoms with Crippen LogP contribution in [0.1, 0.15) is 59.5 Å². The first-order valence-electron chi connectivity index (χ1n) is 13.0. The summed E-state index contributed by atoms with van der Waals surface area (Å²) in [6.07, 6.45) is 3.13. The molecule has 38 heavy (non-hydrogen) atoms. The number of hydrogen-bond acceptors (Lipinski definition) is 6. The Morgan fingerprint density at radius 1 is 0.632 bits per heavy atom. The summed E-state index contributed by atoms with van der Waals surface area (Å²) in [4.78, 5) is 29.3. The molecule has 0 fully saturated rings. The summed E-state index contributed by atoms with van der Waals surface area (Å²) in [6.45, 7) is 12.0. The maximum absolute atomic E-state index is 12.4. The molecular weight excluding hydrogens is 476 g/mol. The Bertz CT molecular complexity index is 1150. The average molecular weight is 513 g/mol. The quantitative estimate of drug-likeness (QED) is 0.267. The summed E-state index contributed by atoms with van der Waals surface area (Å²) in [6, 6.07) is 22.4. The van der Waals surface area contributed by atoms with Crippen molar-refractivity contribution in [2.24, 2.45) is 10.2 Å². The van der Waals surface area contributed by atoms with Crippen molar-refractivity contribution in [3.63, 3.8) is 0 Å². The Labute approximate surface area is 225 Å². The third kappa shape index (κ3) is 7.77. The number of benzene rings is 3. The Morgan fingerprint density at radius 2 is 1.00 bits per heavy atom. The van der Waals surface area contributed by atoms with Crippen molar-refractivity contribution in [3.8, 4) is 0 Å². The van der Waals surface area contributed by atoms with Gasteiger partial charge in [0.2, 0.25) is 0 Å². The topological polar surface area (TPSA) is 89.4 Å². The molecule has 3 aromatic rings. The highest BCUT2D eigenvalue weighted by atomic mass is 16.2. The second-order valence-corrected chi connectivity index (χ2v) is 8.51. The minimum Gasteiger partial charge on any atom is -0.372 e. The zero-order valence-corrected chi connectivity index (χ0v) is 22.5. The highest BCUT2D eigenvalue weighted by Gasteiger charge is 2.08. The molecular formula is C30H36N6O2. The largest absolute Gasteiger partial charge is 0.372 e. The third-order valence-corrected chi connectivity index (χ3v) is 6.19. The monoisotopic (exact) mass is 512 g/mol. The number of rotatable bonds is 12. The van der Waals surface area contributed by atoms with Gasteiger partial charge in [-0.1, -0.05) is 18.2 Å². The second-order valence-electron chi connectivity index (χ2n) is 8.51. The van der Waals surface area contributed by atoms with Crippen LogP contribution in [0.3, 0.4) is 0 Å². The van der Waals surface area contributed by atoms with Crippen molar-refractivity contribution < 1.29 is 9.59 Å². The van der Waals surface area contributed by atoms with Crippen molar-refractivity contribution in [1.82, 2.24) is 10.9 Å². The van der Waals surface area contributed by atoms with Gasteiger partial charge in [-0.25, -0.2) is 10.9 Å². The zero-order valence-electron chi connectivity index (χ0n) is 22.5. The summed E-state index contributed by atoms with van der Waals surface area (Å²) < 4.78 is 0. The Balaban J connectivity index is 1.53. The molecule has 0 spiro atoms. The first-order chi connectivity index (χ1) is 18.5. The van der Waals surface area contributed by atoms with E-state index in [0.29, 0.717) is 11.1 Å². The SMILES string of the molecule is CCN(CC)c1ccc(C(=O)N/N=C/c2cccc(/C=N/NC(=O)c3ccc(N(CC)CC)cc3)c2)cc1. The molecule has 0 aliphatic heterocycles. The molecule has 0 atom stereocenters. The molecule has 3 aromatic carbocycles. The summed E-state index contributed by atoms with van der Waals surface area (Å²) in [5.41, 5.74) is 9.93. The van der Waals surface area contributed by atoms with Crippen molar-refractivity contribution in [3.05, 3.63) is 95.1 Å². The minimum atomic E-state index is -0.280. The van der Waals surface area contributed by atoms with E-state index >= 15 is 0 Å². The number of carbonyl (C=O) groups excluding carboxylic acids is 2. The number of anilines is 2. The smallest absolute Gasteiger partial charge is 0.271 e. The van der Waals surface area contributed by atoms with Crippen LogP contribution in [0.25, 0.3) is 0 Å². The van der Waals surface area contributed by atoms with Gasteiger partial charge in [0.25, 0.3) is 11.8 Å². The van der Waals surface area contributed by atoms with E-state index in [2.05, 4.69) is 58.5 Å². The van der Waals surface area contributed by atoms with Gasteiger partial charge >= 0.3 is 0 Å². The summed E-state index contributed by atoms with van der Waals surface area (Å²) in [7, 11) is 0. The molecule has 0 aromatic heterocycles. The van der Waals surface area contributed by atoms with E-state index < -0.39 is 0 Å². The molecule has 0 aliphatic rings. The Morgan fingerprint density at radius 3 is 1.34 bits per heavy atom. The zero-order chi connectivity index (χ0) is 27.3. The average Bonchev–Trinajstić information content (AvgIpc) is 2.95. The molecule has 2 N–H and O–H groups in total. The molecule has 0 aliphatic carbocycles. The summed E-state index contributed by atoms with van der Waals surface area (Å²) in [5, 5.41) is 8.15. The van der Waals surface area contributed by atoms with Crippen LogP contribution >= 0.6 is 0 Å². The Hall–Kier alpha value is -4.46. The minimum absolute atomic E-state index is 0.280. The first-order valence-corrected chi connectivity index (χ1v) is 13.0. The fraction of sp³-hybridized carbons (Fsp3) is 0.267. The standard InChI is InChI=1S/C30H36N6O2/c1-5-35(6-2)27-16-12-25(13-17-27)29(37)33-31-21-23-10-9-11-24(20-23)22-32-34-30(38)26-14-18-28(19-15-26)36(7-3)8-4/h9-22H,5-8H2,1-4H3,(H,33,37)(H,34,38)/b31-21+,32-22+. The van der Waals surface area contributed by atoms with Crippen LogP contribution in [-0.2, 0) is 0 Å². The maximum Gasteiger partial charge on any atom is 0.271 e. The molecule has 8 nitrogen and oxygen atoms in total. The fourth-order valence-corrected chi connectivity index (χ4v) is 4.00. The maximum atomic E-state index is 12.4. The molecule has 3 rings (SSSR count). The van der Waals surface area contributed by atoms with Gasteiger partial charge in [0.1, 0.15) is 0 Å². The first kappa shape index (κ1) is 28.1. The van der Waals surface area contributed by atoms with Gasteiger partial charge in [-0.2, -0.15) is 10.2 Å². The molecule has 8 heteroatoms. The van der Waals surface area contributed by atoms with Crippen LogP contribution in [0, 0.1) is 0 Å². The van der Waals surface area contributed by atoms with E-state index in [1.807, 2.05) is 48.5 Å². The van der Waals surface area contributed by atoms with Gasteiger partial charge in [0, 0.05) is 48.7 Å². The van der Waals surface area contributed by atoms with E-state index in [1.165, 1.54) is 0 Å². The predicted octanol–water partition coefficient (Wildman–Crippen LogP) is 4.91. The number of amides is 2. The molecule has 0 saturated heterocycles. The lowest BCUT2D eigenvalue weighted by Gasteiger charge is -2.20. The molecule has 0 saturated carbocycles. The van der Waals surface area contributed by atoms with Crippen LogP contribution in [0.15, 0.2) is 83.0 Å². The highest BCUT2D eigenvalue weighted by Crippen LogP contribution is 2.16. The Kier molecular flexibility index (Phi) is 10.6. The van der Waals surface area contributed by atoms with Crippen molar-refractivity contribution in [2.75, 3.05) is 36.0 Å². The van der Waals surface area contributed by atoms with Crippen LogP contribution in [0.5, 0.6) is 0 Å². The van der Waals surface area contributed by atoms with Crippen molar-refractivity contribution in [2.45, 2.75) is 27.7 Å². The predicted molar refractivity (Wildman–Crippen MR) is 157 cm³/mol. The molecule has 2 amide bonds. The van der Waals surface area contributed by atoms with Crippen LogP contribution < -0.4 is 20.7 Å².